The lowest BCUT2D eigenvalue weighted by Gasteiger charge is -2.29. The van der Waals surface area contributed by atoms with Crippen molar-refractivity contribution in [3.8, 4) is 0 Å². The minimum atomic E-state index is 0.830. The van der Waals surface area contributed by atoms with Gasteiger partial charge in [0.25, 0.3) is 0 Å². The monoisotopic (exact) mass is 224 g/mol. The maximum atomic E-state index is 2.55. The lowest BCUT2D eigenvalue weighted by molar-refractivity contribution is 0.361. The van der Waals surface area contributed by atoms with Gasteiger partial charge in [-0.25, -0.2) is 0 Å². The van der Waals surface area contributed by atoms with Crippen molar-refractivity contribution >= 4 is 0 Å². The van der Waals surface area contributed by atoms with Crippen molar-refractivity contribution in [1.82, 2.24) is 0 Å². The van der Waals surface area contributed by atoms with Crippen LogP contribution in [0.5, 0.6) is 0 Å². The lowest BCUT2D eigenvalue weighted by atomic mass is 9.76. The van der Waals surface area contributed by atoms with Crippen LogP contribution in [0.4, 0.5) is 0 Å². The predicted octanol–water partition coefficient (Wildman–Crippen LogP) is 4.39. The standard InChI is InChI=1S/C17H20/c1-2-6-12(7-3-1)17-15-9-5-4-8-13-14(15)10-11-16(13)17/h1-3,6-7,10-11,13-17H,4-5,8-9H2/t13-,14-,15+,16+,17+/m0/s1. The molecule has 88 valence electrons. The van der Waals surface area contributed by atoms with E-state index < -0.39 is 0 Å². The summed E-state index contributed by atoms with van der Waals surface area (Å²) in [7, 11) is 0. The molecule has 2 saturated carbocycles. The summed E-state index contributed by atoms with van der Waals surface area (Å²) in [4.78, 5) is 0. The van der Waals surface area contributed by atoms with Gasteiger partial charge in [-0.3, -0.25) is 0 Å². The molecule has 0 amide bonds. The molecule has 3 aliphatic carbocycles. The van der Waals surface area contributed by atoms with Crippen LogP contribution in [0.2, 0.25) is 0 Å². The van der Waals surface area contributed by atoms with Crippen LogP contribution in [0.25, 0.3) is 0 Å². The average molecular weight is 224 g/mol. The van der Waals surface area contributed by atoms with Gasteiger partial charge in [0, 0.05) is 0 Å². The van der Waals surface area contributed by atoms with E-state index in [4.69, 9.17) is 0 Å². The smallest absolute Gasteiger partial charge is 0.00621 e. The van der Waals surface area contributed by atoms with Gasteiger partial charge in [0.2, 0.25) is 0 Å². The fraction of sp³-hybridized carbons (Fsp3) is 0.529. The van der Waals surface area contributed by atoms with Gasteiger partial charge in [0.1, 0.15) is 0 Å². The second-order valence-corrected chi connectivity index (χ2v) is 6.09. The summed E-state index contributed by atoms with van der Waals surface area (Å²) in [6.45, 7) is 0. The van der Waals surface area contributed by atoms with Crippen LogP contribution in [0.1, 0.15) is 37.2 Å². The summed E-state index contributed by atoms with van der Waals surface area (Å²) < 4.78 is 0. The molecule has 5 atom stereocenters. The molecule has 0 spiro atoms. The van der Waals surface area contributed by atoms with Crippen LogP contribution in [-0.2, 0) is 0 Å². The first kappa shape index (κ1) is 9.94. The molecule has 1 aromatic carbocycles. The molecule has 2 fully saturated rings. The van der Waals surface area contributed by atoms with Gasteiger partial charge in [0.05, 0.1) is 0 Å². The molecular weight excluding hydrogens is 204 g/mol. The van der Waals surface area contributed by atoms with Crippen molar-refractivity contribution in [2.75, 3.05) is 0 Å². The molecule has 0 heteroatoms. The van der Waals surface area contributed by atoms with Crippen molar-refractivity contribution in [2.24, 2.45) is 23.7 Å². The van der Waals surface area contributed by atoms with E-state index >= 15 is 0 Å². The second kappa shape index (κ2) is 3.73. The summed E-state index contributed by atoms with van der Waals surface area (Å²) in [5, 5.41) is 0. The minimum absolute atomic E-state index is 0.830. The first-order chi connectivity index (χ1) is 8.45. The molecule has 0 unspecified atom stereocenters. The zero-order valence-electron chi connectivity index (χ0n) is 10.3. The molecule has 0 nitrogen and oxygen atoms in total. The molecule has 0 N–H and O–H groups in total. The molecule has 4 bridgehead atoms. The Morgan fingerprint density at radius 1 is 0.765 bits per heavy atom. The third kappa shape index (κ3) is 1.36. The Labute approximate surface area is 104 Å². The summed E-state index contributed by atoms with van der Waals surface area (Å²) in [6, 6.07) is 11.3. The zero-order valence-corrected chi connectivity index (χ0v) is 10.3. The fourth-order valence-corrected chi connectivity index (χ4v) is 4.83. The highest BCUT2D eigenvalue weighted by atomic mass is 14.6. The molecule has 0 saturated heterocycles. The lowest BCUT2D eigenvalue weighted by Crippen LogP contribution is -2.18. The van der Waals surface area contributed by atoms with Crippen LogP contribution in [-0.4, -0.2) is 0 Å². The van der Waals surface area contributed by atoms with E-state index in [2.05, 4.69) is 42.5 Å². The topological polar surface area (TPSA) is 0 Å². The van der Waals surface area contributed by atoms with Gasteiger partial charge >= 0.3 is 0 Å². The number of rotatable bonds is 1. The summed E-state index contributed by atoms with van der Waals surface area (Å²) in [5.74, 6) is 4.52. The first-order valence-electron chi connectivity index (χ1n) is 7.18. The van der Waals surface area contributed by atoms with Gasteiger partial charge in [-0.15, -0.1) is 0 Å². The highest BCUT2D eigenvalue weighted by molar-refractivity contribution is 5.31. The van der Waals surface area contributed by atoms with E-state index in [-0.39, 0.29) is 0 Å². The highest BCUT2D eigenvalue weighted by Gasteiger charge is 2.51. The highest BCUT2D eigenvalue weighted by Crippen LogP contribution is 2.60. The second-order valence-electron chi connectivity index (χ2n) is 6.09. The predicted molar refractivity (Wildman–Crippen MR) is 70.8 cm³/mol. The quantitative estimate of drug-likeness (QED) is 0.620. The van der Waals surface area contributed by atoms with Crippen LogP contribution in [0.15, 0.2) is 42.5 Å². The molecule has 0 aromatic heterocycles. The van der Waals surface area contributed by atoms with Crippen molar-refractivity contribution in [2.45, 2.75) is 31.6 Å². The normalized spacial score (nSPS) is 42.7. The Kier molecular flexibility index (Phi) is 2.18. The Bertz CT molecular complexity index is 431. The van der Waals surface area contributed by atoms with Crippen LogP contribution < -0.4 is 0 Å². The number of benzene rings is 1. The van der Waals surface area contributed by atoms with Crippen molar-refractivity contribution in [1.29, 1.82) is 0 Å². The Morgan fingerprint density at radius 3 is 2.29 bits per heavy atom. The Morgan fingerprint density at radius 2 is 1.47 bits per heavy atom. The Hall–Kier alpha value is -1.04. The Balaban J connectivity index is 1.76. The minimum Gasteiger partial charge on any atom is -0.0845 e. The van der Waals surface area contributed by atoms with E-state index in [1.54, 1.807) is 5.56 Å². The van der Waals surface area contributed by atoms with E-state index in [0.29, 0.717) is 0 Å². The summed E-state index contributed by atoms with van der Waals surface area (Å²) in [6.07, 6.45) is 10.9. The van der Waals surface area contributed by atoms with E-state index in [1.807, 2.05) is 0 Å². The van der Waals surface area contributed by atoms with Crippen LogP contribution >= 0.6 is 0 Å². The maximum Gasteiger partial charge on any atom is -0.00621 e. The van der Waals surface area contributed by atoms with Crippen LogP contribution in [0.3, 0.4) is 0 Å². The number of allylic oxidation sites excluding steroid dienone is 2. The zero-order chi connectivity index (χ0) is 11.2. The van der Waals surface area contributed by atoms with Gasteiger partial charge < -0.3 is 0 Å². The third-order valence-electron chi connectivity index (χ3n) is 5.42. The van der Waals surface area contributed by atoms with Crippen molar-refractivity contribution < 1.29 is 0 Å². The molecule has 0 aliphatic heterocycles. The van der Waals surface area contributed by atoms with E-state index in [1.165, 1.54) is 25.7 Å². The molecule has 4 rings (SSSR count). The van der Waals surface area contributed by atoms with E-state index in [0.717, 1.165) is 29.6 Å². The van der Waals surface area contributed by atoms with Gasteiger partial charge in [-0.1, -0.05) is 55.3 Å². The largest absolute Gasteiger partial charge is 0.0845 e. The van der Waals surface area contributed by atoms with Gasteiger partial charge in [-0.05, 0) is 48.0 Å². The van der Waals surface area contributed by atoms with Crippen molar-refractivity contribution in [3.63, 3.8) is 0 Å². The molecule has 0 heterocycles. The van der Waals surface area contributed by atoms with Crippen LogP contribution in [0, 0.1) is 23.7 Å². The summed E-state index contributed by atoms with van der Waals surface area (Å²) >= 11 is 0. The molecule has 1 aromatic rings. The molecule has 0 radical (unpaired) electrons. The number of hydrogen-bond acceptors (Lipinski definition) is 0. The third-order valence-corrected chi connectivity index (χ3v) is 5.42. The van der Waals surface area contributed by atoms with Crippen molar-refractivity contribution in [3.05, 3.63) is 48.0 Å². The molecule has 3 aliphatic rings. The van der Waals surface area contributed by atoms with E-state index in [9.17, 15) is 0 Å². The fourth-order valence-electron chi connectivity index (χ4n) is 4.83. The molecule has 17 heavy (non-hydrogen) atoms. The first-order valence-corrected chi connectivity index (χ1v) is 7.18. The molecular formula is C17H20. The average Bonchev–Trinajstić information content (AvgIpc) is 2.80. The van der Waals surface area contributed by atoms with Gasteiger partial charge in [0.15, 0.2) is 0 Å². The van der Waals surface area contributed by atoms with Gasteiger partial charge in [-0.2, -0.15) is 0 Å². The number of hydrogen-bond donors (Lipinski definition) is 0. The summed E-state index contributed by atoms with van der Waals surface area (Å²) in [5.41, 5.74) is 1.60. The SMILES string of the molecule is C1=C[C@H]2[C@@H]3CCCC[C@H]2[C@@H](c2ccccc2)[C@H]13. The maximum absolute atomic E-state index is 2.55.